The van der Waals surface area contributed by atoms with Crippen molar-refractivity contribution in [3.05, 3.63) is 33.9 Å². The van der Waals surface area contributed by atoms with Gasteiger partial charge in [0.2, 0.25) is 0 Å². The molecule has 0 bridgehead atoms. The molecule has 6 nitrogen and oxygen atoms in total. The van der Waals surface area contributed by atoms with E-state index in [-0.39, 0.29) is 17.9 Å². The second-order valence-electron chi connectivity index (χ2n) is 4.95. The third-order valence-electron chi connectivity index (χ3n) is 2.83. The molecular weight excluding hydrogens is 280 g/mol. The number of rotatable bonds is 6. The molecule has 0 heterocycles. The van der Waals surface area contributed by atoms with E-state index in [0.29, 0.717) is 6.42 Å². The van der Waals surface area contributed by atoms with E-state index in [9.17, 15) is 14.9 Å². The maximum atomic E-state index is 12.2. The molecular formula is C13H18N2O4S. The first-order valence-electron chi connectivity index (χ1n) is 6.06. The van der Waals surface area contributed by atoms with Crippen LogP contribution in [0.5, 0.6) is 0 Å². The minimum atomic E-state index is -0.630. The molecule has 1 aromatic carbocycles. The van der Waals surface area contributed by atoms with Crippen molar-refractivity contribution >= 4 is 23.4 Å². The van der Waals surface area contributed by atoms with Crippen LogP contribution in [0.25, 0.3) is 0 Å². The number of carbonyl (C=O) groups excluding carboxylic acids is 1. The Morgan fingerprint density at radius 3 is 2.65 bits per heavy atom. The molecule has 1 rings (SSSR count). The first-order valence-corrected chi connectivity index (χ1v) is 7.29. The number of benzene rings is 1. The summed E-state index contributed by atoms with van der Waals surface area (Å²) in [6.07, 6.45) is 2.20. The van der Waals surface area contributed by atoms with Gasteiger partial charge in [0.25, 0.3) is 11.6 Å². The lowest BCUT2D eigenvalue weighted by Gasteiger charge is -2.25. The molecule has 0 radical (unpaired) electrons. The quantitative estimate of drug-likeness (QED) is 0.477. The number of nitro benzene ring substituents is 1. The highest BCUT2D eigenvalue weighted by atomic mass is 32.2. The van der Waals surface area contributed by atoms with Gasteiger partial charge in [-0.05, 0) is 38.7 Å². The predicted octanol–water partition coefficient (Wildman–Crippen LogP) is 2.21. The van der Waals surface area contributed by atoms with E-state index < -0.39 is 16.4 Å². The zero-order valence-electron chi connectivity index (χ0n) is 11.7. The Labute approximate surface area is 121 Å². The standard InChI is InChI=1S/C13H18N2O4S/c1-13(2,6-7-16)14-12(17)10-8-9(20-3)4-5-11(10)15(18)19/h4-5,8,16H,6-7H2,1-3H3,(H,14,17). The molecule has 110 valence electrons. The minimum Gasteiger partial charge on any atom is -0.396 e. The van der Waals surface area contributed by atoms with E-state index in [1.54, 1.807) is 19.9 Å². The summed E-state index contributed by atoms with van der Waals surface area (Å²) in [5, 5.41) is 22.7. The number of nitrogens with one attached hydrogen (secondary N) is 1. The number of thioether (sulfide) groups is 1. The van der Waals surface area contributed by atoms with E-state index in [2.05, 4.69) is 5.32 Å². The highest BCUT2D eigenvalue weighted by Crippen LogP contribution is 2.25. The first-order chi connectivity index (χ1) is 9.30. The van der Waals surface area contributed by atoms with Crippen molar-refractivity contribution in [2.24, 2.45) is 0 Å². The largest absolute Gasteiger partial charge is 0.396 e. The number of aliphatic hydroxyl groups is 1. The van der Waals surface area contributed by atoms with Crippen LogP contribution in [0.15, 0.2) is 23.1 Å². The van der Waals surface area contributed by atoms with Gasteiger partial charge in [0.05, 0.1) is 4.92 Å². The zero-order chi connectivity index (χ0) is 15.3. The summed E-state index contributed by atoms with van der Waals surface area (Å²) in [7, 11) is 0. The van der Waals surface area contributed by atoms with Gasteiger partial charge in [0.15, 0.2) is 0 Å². The summed E-state index contributed by atoms with van der Waals surface area (Å²) in [5.74, 6) is -0.508. The highest BCUT2D eigenvalue weighted by Gasteiger charge is 2.26. The maximum Gasteiger partial charge on any atom is 0.282 e. The van der Waals surface area contributed by atoms with Gasteiger partial charge in [0, 0.05) is 23.1 Å². The van der Waals surface area contributed by atoms with Gasteiger partial charge in [0.1, 0.15) is 5.56 Å². The normalized spacial score (nSPS) is 11.2. The van der Waals surface area contributed by atoms with Crippen LogP contribution in [-0.4, -0.2) is 34.3 Å². The number of nitro groups is 1. The Bertz CT molecular complexity index is 517. The van der Waals surface area contributed by atoms with Crippen LogP contribution >= 0.6 is 11.8 Å². The molecule has 20 heavy (non-hydrogen) atoms. The molecule has 0 unspecified atom stereocenters. The summed E-state index contributed by atoms with van der Waals surface area (Å²) < 4.78 is 0. The monoisotopic (exact) mass is 298 g/mol. The van der Waals surface area contributed by atoms with Crippen LogP contribution in [0.2, 0.25) is 0 Å². The average Bonchev–Trinajstić information content (AvgIpc) is 2.37. The molecule has 0 atom stereocenters. The third kappa shape index (κ3) is 4.21. The smallest absolute Gasteiger partial charge is 0.282 e. The first kappa shape index (κ1) is 16.5. The topological polar surface area (TPSA) is 92.5 Å². The summed E-state index contributed by atoms with van der Waals surface area (Å²) in [6.45, 7) is 3.44. The number of amides is 1. The third-order valence-corrected chi connectivity index (χ3v) is 3.56. The van der Waals surface area contributed by atoms with Crippen LogP contribution in [0.1, 0.15) is 30.6 Å². The van der Waals surface area contributed by atoms with E-state index in [4.69, 9.17) is 5.11 Å². The van der Waals surface area contributed by atoms with Gasteiger partial charge < -0.3 is 10.4 Å². The van der Waals surface area contributed by atoms with Crippen LogP contribution < -0.4 is 5.32 Å². The van der Waals surface area contributed by atoms with Crippen LogP contribution in [0, 0.1) is 10.1 Å². The summed E-state index contributed by atoms with van der Waals surface area (Å²) in [5.41, 5.74) is -0.817. The number of hydrogen-bond acceptors (Lipinski definition) is 5. The van der Waals surface area contributed by atoms with Crippen molar-refractivity contribution in [2.75, 3.05) is 12.9 Å². The molecule has 1 amide bonds. The second kappa shape index (κ2) is 6.71. The maximum absolute atomic E-state index is 12.2. The van der Waals surface area contributed by atoms with Crippen molar-refractivity contribution in [1.29, 1.82) is 0 Å². The molecule has 0 spiro atoms. The van der Waals surface area contributed by atoms with Gasteiger partial charge in [-0.25, -0.2) is 0 Å². The van der Waals surface area contributed by atoms with E-state index >= 15 is 0 Å². The van der Waals surface area contributed by atoms with Crippen molar-refractivity contribution in [3.63, 3.8) is 0 Å². The highest BCUT2D eigenvalue weighted by molar-refractivity contribution is 7.98. The van der Waals surface area contributed by atoms with Crippen LogP contribution in [-0.2, 0) is 0 Å². The fourth-order valence-electron chi connectivity index (χ4n) is 1.70. The molecule has 7 heteroatoms. The Morgan fingerprint density at radius 2 is 2.15 bits per heavy atom. The van der Waals surface area contributed by atoms with E-state index in [1.807, 2.05) is 6.26 Å². The summed E-state index contributed by atoms with van der Waals surface area (Å²) in [4.78, 5) is 23.4. The molecule has 0 aromatic heterocycles. The lowest BCUT2D eigenvalue weighted by molar-refractivity contribution is -0.385. The lowest BCUT2D eigenvalue weighted by atomic mass is 10.0. The molecule has 1 aromatic rings. The van der Waals surface area contributed by atoms with Crippen LogP contribution in [0.4, 0.5) is 5.69 Å². The van der Waals surface area contributed by atoms with Gasteiger partial charge in [-0.1, -0.05) is 0 Å². The molecule has 0 saturated carbocycles. The fourth-order valence-corrected chi connectivity index (χ4v) is 2.14. The minimum absolute atomic E-state index is 0.0351. The predicted molar refractivity (Wildman–Crippen MR) is 78.1 cm³/mol. The van der Waals surface area contributed by atoms with E-state index in [1.165, 1.54) is 23.9 Å². The van der Waals surface area contributed by atoms with Gasteiger partial charge >= 0.3 is 0 Å². The van der Waals surface area contributed by atoms with Crippen molar-refractivity contribution in [1.82, 2.24) is 5.32 Å². The van der Waals surface area contributed by atoms with Crippen molar-refractivity contribution in [3.8, 4) is 0 Å². The molecule has 0 aliphatic carbocycles. The Kier molecular flexibility index (Phi) is 5.52. The Morgan fingerprint density at radius 1 is 1.50 bits per heavy atom. The van der Waals surface area contributed by atoms with Gasteiger partial charge in [-0.2, -0.15) is 0 Å². The number of carbonyl (C=O) groups is 1. The SMILES string of the molecule is CSc1ccc([N+](=O)[O-])c(C(=O)NC(C)(C)CCO)c1. The summed E-state index contributed by atoms with van der Waals surface area (Å²) >= 11 is 1.41. The summed E-state index contributed by atoms with van der Waals surface area (Å²) in [6, 6.07) is 4.45. The van der Waals surface area contributed by atoms with Crippen molar-refractivity contribution in [2.45, 2.75) is 30.7 Å². The van der Waals surface area contributed by atoms with Crippen molar-refractivity contribution < 1.29 is 14.8 Å². The second-order valence-corrected chi connectivity index (χ2v) is 5.83. The number of aliphatic hydroxyl groups excluding tert-OH is 1. The lowest BCUT2D eigenvalue weighted by Crippen LogP contribution is -2.44. The van der Waals surface area contributed by atoms with E-state index in [0.717, 1.165) is 4.90 Å². The molecule has 0 aliphatic heterocycles. The Hall–Kier alpha value is -1.60. The average molecular weight is 298 g/mol. The molecule has 2 N–H and O–H groups in total. The zero-order valence-corrected chi connectivity index (χ0v) is 12.5. The molecule has 0 fully saturated rings. The molecule has 0 aliphatic rings. The fraction of sp³-hybridized carbons (Fsp3) is 0.462. The van der Waals surface area contributed by atoms with Gasteiger partial charge in [-0.3, -0.25) is 14.9 Å². The number of nitrogens with zero attached hydrogens (tertiary/aromatic N) is 1. The molecule has 0 saturated heterocycles. The van der Waals surface area contributed by atoms with Gasteiger partial charge in [-0.15, -0.1) is 11.8 Å². The number of hydrogen-bond donors (Lipinski definition) is 2. The van der Waals surface area contributed by atoms with Crippen LogP contribution in [0.3, 0.4) is 0 Å². The Balaban J connectivity index is 3.10.